The van der Waals surface area contributed by atoms with E-state index in [0.717, 1.165) is 9.18 Å². The van der Waals surface area contributed by atoms with Crippen molar-refractivity contribution in [2.45, 2.75) is 11.4 Å². The first-order valence-electron chi connectivity index (χ1n) is 7.61. The fourth-order valence-corrected chi connectivity index (χ4v) is 3.92. The standard InChI is InChI=1S/C16H16N4O4S2/c1-20(26(22,23)12-6-3-2-4-7-12)11-14(21)17-10-15-18-16(19-24-15)13-8-5-9-25-13/h2-9H,10-11H2,1H3,(H,17,21). The number of amides is 1. The summed E-state index contributed by atoms with van der Waals surface area (Å²) in [6, 6.07) is 11.7. The molecule has 8 nitrogen and oxygen atoms in total. The number of sulfonamides is 1. The maximum Gasteiger partial charge on any atom is 0.246 e. The third kappa shape index (κ3) is 4.15. The van der Waals surface area contributed by atoms with Gasteiger partial charge in [0, 0.05) is 7.05 Å². The third-order valence-electron chi connectivity index (χ3n) is 3.46. The largest absolute Gasteiger partial charge is 0.346 e. The number of likely N-dealkylation sites (N-methyl/N-ethyl adjacent to an activating group) is 1. The molecule has 0 spiro atoms. The molecule has 3 rings (SSSR count). The molecule has 1 aromatic carbocycles. The Morgan fingerprint density at radius 2 is 2.00 bits per heavy atom. The van der Waals surface area contributed by atoms with Crippen molar-refractivity contribution >= 4 is 27.3 Å². The first kappa shape index (κ1) is 18.2. The number of rotatable bonds is 7. The Hall–Kier alpha value is -2.56. The van der Waals surface area contributed by atoms with Crippen LogP contribution in [-0.4, -0.2) is 42.4 Å². The summed E-state index contributed by atoms with van der Waals surface area (Å²) in [6.07, 6.45) is 0. The third-order valence-corrected chi connectivity index (χ3v) is 6.15. The highest BCUT2D eigenvalue weighted by molar-refractivity contribution is 7.89. The van der Waals surface area contributed by atoms with E-state index in [1.54, 1.807) is 18.2 Å². The molecule has 0 atom stereocenters. The molecule has 3 aromatic rings. The van der Waals surface area contributed by atoms with Crippen molar-refractivity contribution in [2.24, 2.45) is 0 Å². The highest BCUT2D eigenvalue weighted by atomic mass is 32.2. The van der Waals surface area contributed by atoms with E-state index in [1.807, 2.05) is 17.5 Å². The summed E-state index contributed by atoms with van der Waals surface area (Å²) in [5.74, 6) is 0.228. The predicted molar refractivity (Wildman–Crippen MR) is 95.7 cm³/mol. The smallest absolute Gasteiger partial charge is 0.246 e. The van der Waals surface area contributed by atoms with Crippen LogP contribution in [0.3, 0.4) is 0 Å². The zero-order valence-corrected chi connectivity index (χ0v) is 15.5. The Bertz CT molecular complexity index is 969. The summed E-state index contributed by atoms with van der Waals surface area (Å²) in [5, 5.41) is 8.32. The summed E-state index contributed by atoms with van der Waals surface area (Å²) in [7, 11) is -2.37. The van der Waals surface area contributed by atoms with E-state index in [9.17, 15) is 13.2 Å². The number of carbonyl (C=O) groups is 1. The number of aromatic nitrogens is 2. The molecule has 136 valence electrons. The van der Waals surface area contributed by atoms with Crippen LogP contribution in [0.15, 0.2) is 57.3 Å². The predicted octanol–water partition coefficient (Wildman–Crippen LogP) is 1.74. The molecule has 0 bridgehead atoms. The molecule has 1 amide bonds. The van der Waals surface area contributed by atoms with Crippen LogP contribution in [-0.2, 0) is 21.4 Å². The maximum absolute atomic E-state index is 12.4. The molecule has 0 fully saturated rings. The summed E-state index contributed by atoms with van der Waals surface area (Å²) in [5.41, 5.74) is 0. The van der Waals surface area contributed by atoms with Gasteiger partial charge in [-0.25, -0.2) is 8.42 Å². The Balaban J connectivity index is 1.56. The van der Waals surface area contributed by atoms with E-state index in [0.29, 0.717) is 5.82 Å². The minimum atomic E-state index is -3.72. The highest BCUT2D eigenvalue weighted by Gasteiger charge is 2.22. The van der Waals surface area contributed by atoms with Gasteiger partial charge in [-0.2, -0.15) is 9.29 Å². The second kappa shape index (κ2) is 7.77. The summed E-state index contributed by atoms with van der Waals surface area (Å²) < 4.78 is 30.8. The number of nitrogens with one attached hydrogen (secondary N) is 1. The van der Waals surface area contributed by atoms with Gasteiger partial charge < -0.3 is 9.84 Å². The Morgan fingerprint density at radius 3 is 2.69 bits per heavy atom. The number of nitrogens with zero attached hydrogens (tertiary/aromatic N) is 3. The van der Waals surface area contributed by atoms with Crippen LogP contribution in [0.4, 0.5) is 0 Å². The highest BCUT2D eigenvalue weighted by Crippen LogP contribution is 2.21. The van der Waals surface area contributed by atoms with Crippen LogP contribution in [0.2, 0.25) is 0 Å². The summed E-state index contributed by atoms with van der Waals surface area (Å²) >= 11 is 1.48. The first-order valence-corrected chi connectivity index (χ1v) is 9.93. The van der Waals surface area contributed by atoms with Gasteiger partial charge in [-0.05, 0) is 23.6 Å². The van der Waals surface area contributed by atoms with Crippen LogP contribution in [0.5, 0.6) is 0 Å². The molecule has 0 unspecified atom stereocenters. The van der Waals surface area contributed by atoms with E-state index < -0.39 is 15.9 Å². The van der Waals surface area contributed by atoms with Gasteiger partial charge in [0.25, 0.3) is 0 Å². The molecule has 2 heterocycles. The monoisotopic (exact) mass is 392 g/mol. The zero-order chi connectivity index (χ0) is 18.6. The molecule has 10 heteroatoms. The van der Waals surface area contributed by atoms with E-state index in [1.165, 1.54) is 30.5 Å². The second-order valence-electron chi connectivity index (χ2n) is 5.34. The molecule has 0 aliphatic rings. The zero-order valence-electron chi connectivity index (χ0n) is 13.8. The molecule has 2 aromatic heterocycles. The molecule has 26 heavy (non-hydrogen) atoms. The molecule has 0 aliphatic heterocycles. The van der Waals surface area contributed by atoms with Crippen LogP contribution in [0, 0.1) is 0 Å². The van der Waals surface area contributed by atoms with Gasteiger partial charge in [0.05, 0.1) is 22.9 Å². The van der Waals surface area contributed by atoms with Gasteiger partial charge >= 0.3 is 0 Å². The average Bonchev–Trinajstić information content (AvgIpc) is 3.32. The van der Waals surface area contributed by atoms with Gasteiger partial charge in [0.2, 0.25) is 27.6 Å². The average molecular weight is 392 g/mol. The minimum absolute atomic E-state index is 0.0242. The molecular formula is C16H16N4O4S2. The molecule has 0 saturated heterocycles. The molecule has 0 aliphatic carbocycles. The normalized spacial score (nSPS) is 11.6. The van der Waals surface area contributed by atoms with E-state index >= 15 is 0 Å². The summed E-state index contributed by atoms with van der Waals surface area (Å²) in [4.78, 5) is 17.2. The van der Waals surface area contributed by atoms with Crippen molar-refractivity contribution in [3.05, 3.63) is 53.7 Å². The lowest BCUT2D eigenvalue weighted by atomic mass is 10.4. The van der Waals surface area contributed by atoms with Crippen molar-refractivity contribution < 1.29 is 17.7 Å². The fourth-order valence-electron chi connectivity index (χ4n) is 2.12. The van der Waals surface area contributed by atoms with Crippen LogP contribution in [0.1, 0.15) is 5.89 Å². The fraction of sp³-hybridized carbons (Fsp3) is 0.188. The first-order chi connectivity index (χ1) is 12.5. The quantitative estimate of drug-likeness (QED) is 0.656. The lowest BCUT2D eigenvalue weighted by molar-refractivity contribution is -0.121. The second-order valence-corrected chi connectivity index (χ2v) is 8.33. The number of hydrogen-bond donors (Lipinski definition) is 1. The van der Waals surface area contributed by atoms with E-state index in [4.69, 9.17) is 4.52 Å². The van der Waals surface area contributed by atoms with Gasteiger partial charge in [0.15, 0.2) is 0 Å². The molecule has 0 saturated carbocycles. The van der Waals surface area contributed by atoms with Crippen molar-refractivity contribution in [3.8, 4) is 10.7 Å². The van der Waals surface area contributed by atoms with Crippen LogP contribution in [0.25, 0.3) is 10.7 Å². The van der Waals surface area contributed by atoms with Crippen molar-refractivity contribution in [2.75, 3.05) is 13.6 Å². The number of carbonyl (C=O) groups excluding carboxylic acids is 1. The van der Waals surface area contributed by atoms with Crippen LogP contribution < -0.4 is 5.32 Å². The number of thiophene rings is 1. The van der Waals surface area contributed by atoms with Gasteiger partial charge in [-0.3, -0.25) is 4.79 Å². The number of benzene rings is 1. The lowest BCUT2D eigenvalue weighted by Crippen LogP contribution is -2.38. The molecule has 1 N–H and O–H groups in total. The molecular weight excluding hydrogens is 376 g/mol. The Kier molecular flexibility index (Phi) is 5.45. The topological polar surface area (TPSA) is 105 Å². The Labute approximate surface area is 154 Å². The number of hydrogen-bond acceptors (Lipinski definition) is 7. The minimum Gasteiger partial charge on any atom is -0.346 e. The molecule has 0 radical (unpaired) electrons. The van der Waals surface area contributed by atoms with Gasteiger partial charge in [-0.15, -0.1) is 11.3 Å². The lowest BCUT2D eigenvalue weighted by Gasteiger charge is -2.16. The van der Waals surface area contributed by atoms with E-state index in [-0.39, 0.29) is 23.9 Å². The summed E-state index contributed by atoms with van der Waals surface area (Å²) in [6.45, 7) is -0.292. The maximum atomic E-state index is 12.4. The van der Waals surface area contributed by atoms with E-state index in [2.05, 4.69) is 15.5 Å². The Morgan fingerprint density at radius 1 is 1.23 bits per heavy atom. The van der Waals surface area contributed by atoms with Crippen LogP contribution >= 0.6 is 11.3 Å². The SMILES string of the molecule is CN(CC(=O)NCc1nc(-c2cccs2)no1)S(=O)(=O)c1ccccc1. The van der Waals surface area contributed by atoms with Crippen molar-refractivity contribution in [1.29, 1.82) is 0 Å². The van der Waals surface area contributed by atoms with Crippen molar-refractivity contribution in [1.82, 2.24) is 19.8 Å². The van der Waals surface area contributed by atoms with Gasteiger partial charge in [0.1, 0.15) is 0 Å². The van der Waals surface area contributed by atoms with Crippen molar-refractivity contribution in [3.63, 3.8) is 0 Å². The van der Waals surface area contributed by atoms with Gasteiger partial charge in [-0.1, -0.05) is 29.4 Å².